The van der Waals surface area contributed by atoms with Gasteiger partial charge in [-0.3, -0.25) is 9.59 Å². The Morgan fingerprint density at radius 1 is 1.03 bits per heavy atom. The Kier molecular flexibility index (Phi) is 12.8. The molecular weight excluding hydrogens is 420 g/mol. The molecular formula is C18H32N2O7S2. The van der Waals surface area contributed by atoms with Crippen LogP contribution in [0.25, 0.3) is 0 Å². The number of ether oxygens (including phenoxy) is 2. The number of alkyl carbamates (subject to hydrolysis) is 1. The first kappa shape index (κ1) is 27.4. The average molecular weight is 453 g/mol. The molecule has 2 amide bonds. The van der Waals surface area contributed by atoms with Gasteiger partial charge in [0.05, 0.1) is 19.1 Å². The molecule has 0 bridgehead atoms. The molecule has 168 valence electrons. The van der Waals surface area contributed by atoms with E-state index in [9.17, 15) is 19.2 Å². The minimum atomic E-state index is -1.13. The third-order valence-corrected chi connectivity index (χ3v) is 5.47. The second kappa shape index (κ2) is 13.6. The first-order valence-electron chi connectivity index (χ1n) is 9.19. The van der Waals surface area contributed by atoms with Crippen molar-refractivity contribution in [3.63, 3.8) is 0 Å². The van der Waals surface area contributed by atoms with Gasteiger partial charge in [0.25, 0.3) is 0 Å². The summed E-state index contributed by atoms with van der Waals surface area (Å²) >= 11 is 0. The largest absolute Gasteiger partial charge is 0.480 e. The number of nitrogens with one attached hydrogen (secondary N) is 2. The summed E-state index contributed by atoms with van der Waals surface area (Å²) in [6.45, 7) is 10.6. The van der Waals surface area contributed by atoms with E-state index in [1.165, 1.54) is 28.5 Å². The van der Waals surface area contributed by atoms with E-state index in [1.807, 2.05) is 13.8 Å². The highest BCUT2D eigenvalue weighted by molar-refractivity contribution is 8.76. The number of rotatable bonds is 12. The topological polar surface area (TPSA) is 131 Å². The van der Waals surface area contributed by atoms with Crippen LogP contribution in [0.3, 0.4) is 0 Å². The van der Waals surface area contributed by atoms with Crippen molar-refractivity contribution in [2.24, 2.45) is 5.92 Å². The van der Waals surface area contributed by atoms with Gasteiger partial charge in [-0.25, -0.2) is 9.59 Å². The lowest BCUT2D eigenvalue weighted by Gasteiger charge is -2.23. The molecule has 3 N–H and O–H groups in total. The summed E-state index contributed by atoms with van der Waals surface area (Å²) in [4.78, 5) is 46.3. The van der Waals surface area contributed by atoms with E-state index in [1.54, 1.807) is 20.8 Å². The van der Waals surface area contributed by atoms with Gasteiger partial charge in [-0.15, -0.1) is 0 Å². The number of amides is 2. The molecule has 0 aromatic rings. The van der Waals surface area contributed by atoms with E-state index >= 15 is 0 Å². The Balaban J connectivity index is 4.70. The molecule has 0 aliphatic carbocycles. The molecule has 11 heteroatoms. The van der Waals surface area contributed by atoms with Gasteiger partial charge < -0.3 is 25.2 Å². The monoisotopic (exact) mass is 452 g/mol. The van der Waals surface area contributed by atoms with Gasteiger partial charge in [-0.05, 0) is 26.7 Å². The summed E-state index contributed by atoms with van der Waals surface area (Å²) in [5, 5.41) is 14.1. The van der Waals surface area contributed by atoms with Crippen LogP contribution in [0.1, 0.15) is 48.0 Å². The molecule has 29 heavy (non-hydrogen) atoms. The smallest absolute Gasteiger partial charge is 0.407 e. The van der Waals surface area contributed by atoms with Crippen LogP contribution in [0.4, 0.5) is 4.79 Å². The molecule has 0 rings (SSSR count). The molecule has 2 atom stereocenters. The highest BCUT2D eigenvalue weighted by atomic mass is 33.1. The van der Waals surface area contributed by atoms with Crippen molar-refractivity contribution >= 4 is 45.5 Å². The zero-order valence-electron chi connectivity index (χ0n) is 17.8. The third-order valence-electron chi connectivity index (χ3n) is 2.97. The molecule has 0 radical (unpaired) electrons. The number of hydrogen-bond acceptors (Lipinski definition) is 8. The standard InChI is InChI=1S/C18H32N2O7S2/c1-11(2)8-26-15(22)7-13(20-17(25)27-18(4,5)6)9-28-29-10-14(16(23)24)19-12(3)21/h11,13-14H,7-10H2,1-6H3,(H,19,21)(H,20,25)(H,23,24)/t13-,14-/m1/s1. The fourth-order valence-electron chi connectivity index (χ4n) is 1.81. The quantitative estimate of drug-likeness (QED) is 0.232. The molecule has 0 spiro atoms. The second-order valence-corrected chi connectivity index (χ2v) is 10.3. The van der Waals surface area contributed by atoms with Gasteiger partial charge in [-0.1, -0.05) is 35.4 Å². The molecule has 0 aromatic heterocycles. The predicted octanol–water partition coefficient (Wildman–Crippen LogP) is 2.44. The molecule has 9 nitrogen and oxygen atoms in total. The Hall–Kier alpha value is -1.62. The van der Waals surface area contributed by atoms with E-state index in [4.69, 9.17) is 14.6 Å². The highest BCUT2D eigenvalue weighted by Crippen LogP contribution is 2.24. The summed E-state index contributed by atoms with van der Waals surface area (Å²) in [6.07, 6.45) is -0.681. The Morgan fingerprint density at radius 2 is 1.62 bits per heavy atom. The van der Waals surface area contributed by atoms with Crippen molar-refractivity contribution in [3.8, 4) is 0 Å². The highest BCUT2D eigenvalue weighted by Gasteiger charge is 2.23. The van der Waals surface area contributed by atoms with E-state index in [2.05, 4.69) is 10.6 Å². The average Bonchev–Trinajstić information content (AvgIpc) is 2.53. The first-order chi connectivity index (χ1) is 13.3. The van der Waals surface area contributed by atoms with Crippen molar-refractivity contribution in [2.75, 3.05) is 18.1 Å². The number of carboxylic acids is 1. The number of carbonyl (C=O) groups excluding carboxylic acids is 3. The van der Waals surface area contributed by atoms with E-state index < -0.39 is 41.6 Å². The molecule has 0 heterocycles. The van der Waals surface area contributed by atoms with E-state index in [0.29, 0.717) is 5.75 Å². The molecule has 0 aliphatic rings. The van der Waals surface area contributed by atoms with Gasteiger partial charge in [0.2, 0.25) is 5.91 Å². The number of aliphatic carboxylic acids is 1. The number of carboxylic acid groups (broad SMARTS) is 1. The summed E-state index contributed by atoms with van der Waals surface area (Å²) in [7, 11) is 2.51. The van der Waals surface area contributed by atoms with Crippen molar-refractivity contribution in [3.05, 3.63) is 0 Å². The van der Waals surface area contributed by atoms with Crippen molar-refractivity contribution in [1.82, 2.24) is 10.6 Å². The molecule has 0 fully saturated rings. The number of hydrogen-bond donors (Lipinski definition) is 3. The summed E-state index contributed by atoms with van der Waals surface area (Å²) in [5.74, 6) is -1.34. The van der Waals surface area contributed by atoms with Gasteiger partial charge in [0.1, 0.15) is 11.6 Å². The molecule has 0 unspecified atom stereocenters. The van der Waals surface area contributed by atoms with Crippen LogP contribution in [0, 0.1) is 5.92 Å². The van der Waals surface area contributed by atoms with Gasteiger partial charge in [0.15, 0.2) is 0 Å². The lowest BCUT2D eigenvalue weighted by molar-refractivity contribution is -0.145. The molecule has 0 aliphatic heterocycles. The van der Waals surface area contributed by atoms with Crippen LogP contribution in [0.15, 0.2) is 0 Å². The van der Waals surface area contributed by atoms with Gasteiger partial charge >= 0.3 is 18.0 Å². The molecule has 0 saturated heterocycles. The third kappa shape index (κ3) is 15.9. The van der Waals surface area contributed by atoms with E-state index in [-0.39, 0.29) is 24.7 Å². The number of esters is 1. The fraction of sp³-hybridized carbons (Fsp3) is 0.778. The van der Waals surface area contributed by atoms with Crippen molar-refractivity contribution < 1.29 is 33.8 Å². The zero-order chi connectivity index (χ0) is 22.6. The van der Waals surface area contributed by atoms with Crippen molar-refractivity contribution in [2.45, 2.75) is 65.6 Å². The van der Waals surface area contributed by atoms with Crippen LogP contribution < -0.4 is 10.6 Å². The maximum Gasteiger partial charge on any atom is 0.407 e. The van der Waals surface area contributed by atoms with Crippen LogP contribution in [0.5, 0.6) is 0 Å². The van der Waals surface area contributed by atoms with Crippen LogP contribution >= 0.6 is 21.6 Å². The molecule has 0 aromatic carbocycles. The number of carbonyl (C=O) groups is 4. The van der Waals surface area contributed by atoms with E-state index in [0.717, 1.165) is 0 Å². The minimum absolute atomic E-state index is 0.0341. The Labute approximate surface area is 179 Å². The van der Waals surface area contributed by atoms with Gasteiger partial charge in [-0.2, -0.15) is 0 Å². The van der Waals surface area contributed by atoms with Crippen LogP contribution in [-0.4, -0.2) is 64.8 Å². The van der Waals surface area contributed by atoms with Crippen LogP contribution in [0.2, 0.25) is 0 Å². The summed E-state index contributed by atoms with van der Waals surface area (Å²) < 4.78 is 10.4. The summed E-state index contributed by atoms with van der Waals surface area (Å²) in [6, 6.07) is -1.57. The van der Waals surface area contributed by atoms with Gasteiger partial charge in [0, 0.05) is 18.4 Å². The second-order valence-electron chi connectivity index (χ2n) is 7.78. The Bertz CT molecular complexity index is 565. The molecule has 0 saturated carbocycles. The van der Waals surface area contributed by atoms with Crippen LogP contribution in [-0.2, 0) is 23.9 Å². The minimum Gasteiger partial charge on any atom is -0.480 e. The maximum atomic E-state index is 12.0. The van der Waals surface area contributed by atoms with Crippen molar-refractivity contribution in [1.29, 1.82) is 0 Å². The Morgan fingerprint density at radius 3 is 2.10 bits per heavy atom. The SMILES string of the molecule is CC(=O)N[C@H](CSSC[C@@H](CC(=O)OCC(C)C)NC(=O)OC(C)(C)C)C(=O)O. The maximum absolute atomic E-state index is 12.0. The fourth-order valence-corrected chi connectivity index (χ4v) is 4.21. The zero-order valence-corrected chi connectivity index (χ0v) is 19.4. The lowest BCUT2D eigenvalue weighted by atomic mass is 10.2. The predicted molar refractivity (Wildman–Crippen MR) is 114 cm³/mol. The summed E-state index contributed by atoms with van der Waals surface area (Å²) in [5.41, 5.74) is -0.679. The first-order valence-corrected chi connectivity index (χ1v) is 11.7. The normalized spacial score (nSPS) is 13.3. The lowest BCUT2D eigenvalue weighted by Crippen LogP contribution is -2.42.